The van der Waals surface area contributed by atoms with E-state index in [9.17, 15) is 14.0 Å². The summed E-state index contributed by atoms with van der Waals surface area (Å²) in [7, 11) is 0. The summed E-state index contributed by atoms with van der Waals surface area (Å²) in [5.41, 5.74) is 0. The Balaban J connectivity index is 2.30. The highest BCUT2D eigenvalue weighted by Crippen LogP contribution is 2.20. The molecule has 0 aliphatic heterocycles. The fraction of sp³-hybridized carbons (Fsp3) is 0.385. The van der Waals surface area contributed by atoms with E-state index in [0.29, 0.717) is 5.75 Å². The van der Waals surface area contributed by atoms with Crippen LogP contribution in [0.1, 0.15) is 13.3 Å². The van der Waals surface area contributed by atoms with Crippen LogP contribution >= 0.6 is 11.8 Å². The zero-order valence-corrected chi connectivity index (χ0v) is 11.4. The van der Waals surface area contributed by atoms with E-state index in [1.54, 1.807) is 19.1 Å². The summed E-state index contributed by atoms with van der Waals surface area (Å²) in [5.74, 6) is -1.07. The molecule has 1 unspecified atom stereocenters. The van der Waals surface area contributed by atoms with Crippen molar-refractivity contribution >= 4 is 23.6 Å². The molecular formula is C13H16FNO3S. The molecule has 6 heteroatoms. The molecule has 0 saturated carbocycles. The van der Waals surface area contributed by atoms with E-state index in [1.807, 2.05) is 0 Å². The van der Waals surface area contributed by atoms with Crippen LogP contribution in [-0.4, -0.2) is 29.3 Å². The van der Waals surface area contributed by atoms with Crippen molar-refractivity contribution in [3.8, 4) is 0 Å². The molecule has 1 atom stereocenters. The monoisotopic (exact) mass is 285 g/mol. The second kappa shape index (κ2) is 7.78. The zero-order chi connectivity index (χ0) is 14.3. The largest absolute Gasteiger partial charge is 0.481 e. The van der Waals surface area contributed by atoms with Crippen LogP contribution < -0.4 is 5.32 Å². The SMILES string of the molecule is CC(CSc1ccc(F)cc1)C(=O)NCCC(=O)O. The molecule has 1 aromatic rings. The first-order valence-electron chi connectivity index (χ1n) is 5.87. The van der Waals surface area contributed by atoms with Gasteiger partial charge in [-0.15, -0.1) is 11.8 Å². The molecule has 0 aromatic heterocycles. The van der Waals surface area contributed by atoms with Gasteiger partial charge in [0.1, 0.15) is 5.82 Å². The average molecular weight is 285 g/mol. The molecule has 0 aliphatic rings. The van der Waals surface area contributed by atoms with Gasteiger partial charge in [0.05, 0.1) is 6.42 Å². The van der Waals surface area contributed by atoms with Gasteiger partial charge < -0.3 is 10.4 Å². The van der Waals surface area contributed by atoms with Gasteiger partial charge in [-0.1, -0.05) is 6.92 Å². The number of benzene rings is 1. The van der Waals surface area contributed by atoms with Crippen molar-refractivity contribution in [2.75, 3.05) is 12.3 Å². The van der Waals surface area contributed by atoms with E-state index >= 15 is 0 Å². The molecule has 1 aromatic carbocycles. The van der Waals surface area contributed by atoms with E-state index in [2.05, 4.69) is 5.32 Å². The Kier molecular flexibility index (Phi) is 6.35. The number of hydrogen-bond acceptors (Lipinski definition) is 3. The normalized spacial score (nSPS) is 11.9. The van der Waals surface area contributed by atoms with Gasteiger partial charge in [-0.3, -0.25) is 9.59 Å². The van der Waals surface area contributed by atoms with Crippen molar-refractivity contribution in [2.45, 2.75) is 18.2 Å². The minimum atomic E-state index is -0.936. The topological polar surface area (TPSA) is 66.4 Å². The van der Waals surface area contributed by atoms with E-state index in [4.69, 9.17) is 5.11 Å². The fourth-order valence-corrected chi connectivity index (χ4v) is 2.22. The summed E-state index contributed by atoms with van der Waals surface area (Å²) in [6.07, 6.45) is -0.0798. The van der Waals surface area contributed by atoms with Crippen LogP contribution in [0.3, 0.4) is 0 Å². The molecule has 0 bridgehead atoms. The second-order valence-electron chi connectivity index (χ2n) is 4.10. The molecule has 2 N–H and O–H groups in total. The number of nitrogens with one attached hydrogen (secondary N) is 1. The lowest BCUT2D eigenvalue weighted by molar-refractivity contribution is -0.137. The molecular weight excluding hydrogens is 269 g/mol. The Bertz CT molecular complexity index is 436. The van der Waals surface area contributed by atoms with Gasteiger partial charge in [-0.05, 0) is 24.3 Å². The van der Waals surface area contributed by atoms with Crippen molar-refractivity contribution in [2.24, 2.45) is 5.92 Å². The summed E-state index contributed by atoms with van der Waals surface area (Å²) in [4.78, 5) is 22.8. The second-order valence-corrected chi connectivity index (χ2v) is 5.19. The summed E-state index contributed by atoms with van der Waals surface area (Å²) < 4.78 is 12.7. The predicted molar refractivity (Wildman–Crippen MR) is 71.6 cm³/mol. The Morgan fingerprint density at radius 3 is 2.58 bits per heavy atom. The average Bonchev–Trinajstić information content (AvgIpc) is 2.37. The molecule has 19 heavy (non-hydrogen) atoms. The van der Waals surface area contributed by atoms with Gasteiger partial charge >= 0.3 is 5.97 Å². The van der Waals surface area contributed by atoms with Crippen LogP contribution in [0.2, 0.25) is 0 Å². The number of aliphatic carboxylic acids is 1. The van der Waals surface area contributed by atoms with Gasteiger partial charge in [-0.2, -0.15) is 0 Å². The third-order valence-corrected chi connectivity index (χ3v) is 3.67. The maximum Gasteiger partial charge on any atom is 0.305 e. The Labute approximate surface area is 115 Å². The minimum Gasteiger partial charge on any atom is -0.481 e. The quantitative estimate of drug-likeness (QED) is 0.753. The number of carboxylic acid groups (broad SMARTS) is 1. The number of rotatable bonds is 7. The molecule has 0 saturated heterocycles. The van der Waals surface area contributed by atoms with Gasteiger partial charge in [0.15, 0.2) is 0 Å². The Morgan fingerprint density at radius 2 is 2.00 bits per heavy atom. The smallest absolute Gasteiger partial charge is 0.305 e. The molecule has 4 nitrogen and oxygen atoms in total. The van der Waals surface area contributed by atoms with E-state index < -0.39 is 5.97 Å². The van der Waals surface area contributed by atoms with Crippen LogP contribution in [0.15, 0.2) is 29.2 Å². The Hall–Kier alpha value is -1.56. The number of carbonyl (C=O) groups is 2. The predicted octanol–water partition coefficient (Wildman–Crippen LogP) is 2.14. The maximum absolute atomic E-state index is 12.7. The van der Waals surface area contributed by atoms with Gasteiger partial charge in [0.2, 0.25) is 5.91 Å². The molecule has 0 radical (unpaired) electrons. The van der Waals surface area contributed by atoms with Crippen LogP contribution in [0.4, 0.5) is 4.39 Å². The number of carbonyl (C=O) groups excluding carboxylic acids is 1. The van der Waals surface area contributed by atoms with E-state index in [0.717, 1.165) is 4.90 Å². The molecule has 0 fully saturated rings. The number of halogens is 1. The van der Waals surface area contributed by atoms with Crippen molar-refractivity contribution in [3.63, 3.8) is 0 Å². The van der Waals surface area contributed by atoms with Crippen molar-refractivity contribution in [1.82, 2.24) is 5.32 Å². The molecule has 1 rings (SSSR count). The van der Waals surface area contributed by atoms with Gasteiger partial charge in [0.25, 0.3) is 0 Å². The Morgan fingerprint density at radius 1 is 1.37 bits per heavy atom. The standard InChI is InChI=1S/C13H16FNO3S/c1-9(13(18)15-7-6-12(16)17)8-19-11-4-2-10(14)3-5-11/h2-5,9H,6-8H2,1H3,(H,15,18)(H,16,17). The first-order valence-corrected chi connectivity index (χ1v) is 6.85. The number of carboxylic acids is 1. The molecule has 1 amide bonds. The van der Waals surface area contributed by atoms with Crippen LogP contribution in [-0.2, 0) is 9.59 Å². The first kappa shape index (κ1) is 15.5. The zero-order valence-electron chi connectivity index (χ0n) is 10.6. The summed E-state index contributed by atoms with van der Waals surface area (Å²) >= 11 is 1.46. The summed E-state index contributed by atoms with van der Waals surface area (Å²) in [6.45, 7) is 1.91. The fourth-order valence-electron chi connectivity index (χ4n) is 1.29. The first-order chi connectivity index (χ1) is 8.99. The van der Waals surface area contributed by atoms with E-state index in [-0.39, 0.29) is 30.6 Å². The highest BCUT2D eigenvalue weighted by molar-refractivity contribution is 7.99. The van der Waals surface area contributed by atoms with Gasteiger partial charge in [0, 0.05) is 23.1 Å². The molecule has 0 heterocycles. The number of thioether (sulfide) groups is 1. The van der Waals surface area contributed by atoms with Gasteiger partial charge in [-0.25, -0.2) is 4.39 Å². The lowest BCUT2D eigenvalue weighted by Crippen LogP contribution is -2.32. The third-order valence-electron chi connectivity index (χ3n) is 2.40. The minimum absolute atomic E-state index is 0.0798. The highest BCUT2D eigenvalue weighted by atomic mass is 32.2. The van der Waals surface area contributed by atoms with Crippen LogP contribution in [0.25, 0.3) is 0 Å². The van der Waals surface area contributed by atoms with Crippen LogP contribution in [0.5, 0.6) is 0 Å². The summed E-state index contributed by atoms with van der Waals surface area (Å²) in [6, 6.07) is 6.07. The lowest BCUT2D eigenvalue weighted by atomic mass is 10.2. The third kappa shape index (κ3) is 6.24. The van der Waals surface area contributed by atoms with Crippen molar-refractivity contribution in [1.29, 1.82) is 0 Å². The molecule has 104 valence electrons. The van der Waals surface area contributed by atoms with Crippen molar-refractivity contribution < 1.29 is 19.1 Å². The van der Waals surface area contributed by atoms with E-state index in [1.165, 1.54) is 23.9 Å². The molecule has 0 spiro atoms. The number of hydrogen-bond donors (Lipinski definition) is 2. The number of amides is 1. The highest BCUT2D eigenvalue weighted by Gasteiger charge is 2.13. The molecule has 0 aliphatic carbocycles. The van der Waals surface area contributed by atoms with Crippen LogP contribution in [0, 0.1) is 11.7 Å². The maximum atomic E-state index is 12.7. The summed E-state index contributed by atoms with van der Waals surface area (Å²) in [5, 5.41) is 11.0. The van der Waals surface area contributed by atoms with Crippen molar-refractivity contribution in [3.05, 3.63) is 30.1 Å². The lowest BCUT2D eigenvalue weighted by Gasteiger charge is -2.11.